The van der Waals surface area contributed by atoms with E-state index in [1.165, 1.54) is 11.8 Å². The van der Waals surface area contributed by atoms with E-state index in [4.69, 9.17) is 0 Å². The van der Waals surface area contributed by atoms with Gasteiger partial charge in [-0.05, 0) is 24.3 Å². The van der Waals surface area contributed by atoms with Gasteiger partial charge in [-0.1, -0.05) is 48.2 Å². The first-order valence-corrected chi connectivity index (χ1v) is 9.42. The standard InChI is InChI=1S/C20H17N5OS/c1-25-19(14-7-3-2-4-8-14)23-24-20(25)27-13-18(26)22-17-11-5-10-16-15(17)9-6-12-21-16/h2-12H,13H2,1H3,(H,22,26). The predicted molar refractivity (Wildman–Crippen MR) is 108 cm³/mol. The van der Waals surface area contributed by atoms with Crippen LogP contribution >= 0.6 is 11.8 Å². The van der Waals surface area contributed by atoms with Crippen LogP contribution in [0.3, 0.4) is 0 Å². The molecule has 27 heavy (non-hydrogen) atoms. The molecule has 0 bridgehead atoms. The smallest absolute Gasteiger partial charge is 0.234 e. The lowest BCUT2D eigenvalue weighted by Gasteiger charge is -2.08. The molecule has 2 heterocycles. The van der Waals surface area contributed by atoms with Crippen molar-refractivity contribution >= 4 is 34.3 Å². The molecule has 0 fully saturated rings. The lowest BCUT2D eigenvalue weighted by molar-refractivity contribution is -0.113. The summed E-state index contributed by atoms with van der Waals surface area (Å²) in [4.78, 5) is 16.7. The number of pyridine rings is 1. The molecule has 0 saturated carbocycles. The number of fused-ring (bicyclic) bond motifs is 1. The first-order valence-electron chi connectivity index (χ1n) is 8.43. The average Bonchev–Trinajstić information content (AvgIpc) is 3.08. The normalized spacial score (nSPS) is 10.9. The van der Waals surface area contributed by atoms with Gasteiger partial charge >= 0.3 is 0 Å². The van der Waals surface area contributed by atoms with Crippen molar-refractivity contribution in [3.8, 4) is 11.4 Å². The highest BCUT2D eigenvalue weighted by atomic mass is 32.2. The molecule has 1 amide bonds. The van der Waals surface area contributed by atoms with E-state index in [2.05, 4.69) is 20.5 Å². The number of nitrogens with one attached hydrogen (secondary N) is 1. The lowest BCUT2D eigenvalue weighted by Crippen LogP contribution is -2.14. The Kier molecular flexibility index (Phi) is 4.84. The largest absolute Gasteiger partial charge is 0.325 e. The van der Waals surface area contributed by atoms with E-state index in [1.54, 1.807) is 6.20 Å². The van der Waals surface area contributed by atoms with Gasteiger partial charge in [0.1, 0.15) is 0 Å². The van der Waals surface area contributed by atoms with E-state index in [9.17, 15) is 4.79 Å². The van der Waals surface area contributed by atoms with Gasteiger partial charge in [0.2, 0.25) is 5.91 Å². The van der Waals surface area contributed by atoms with Gasteiger partial charge in [-0.3, -0.25) is 9.78 Å². The maximum absolute atomic E-state index is 12.4. The molecule has 0 radical (unpaired) electrons. The van der Waals surface area contributed by atoms with Gasteiger partial charge < -0.3 is 9.88 Å². The van der Waals surface area contributed by atoms with Gasteiger partial charge in [0, 0.05) is 24.2 Å². The lowest BCUT2D eigenvalue weighted by atomic mass is 10.2. The molecule has 1 N–H and O–H groups in total. The molecule has 0 spiro atoms. The summed E-state index contributed by atoms with van der Waals surface area (Å²) in [5.41, 5.74) is 2.60. The number of hydrogen-bond donors (Lipinski definition) is 1. The average molecular weight is 375 g/mol. The molecule has 0 saturated heterocycles. The summed E-state index contributed by atoms with van der Waals surface area (Å²) < 4.78 is 1.90. The number of aromatic nitrogens is 4. The van der Waals surface area contributed by atoms with Crippen LogP contribution in [0.25, 0.3) is 22.3 Å². The Morgan fingerprint density at radius 2 is 1.89 bits per heavy atom. The first-order chi connectivity index (χ1) is 13.2. The van der Waals surface area contributed by atoms with Crippen LogP contribution in [0, 0.1) is 0 Å². The maximum Gasteiger partial charge on any atom is 0.234 e. The first kappa shape index (κ1) is 17.2. The number of hydrogen-bond acceptors (Lipinski definition) is 5. The number of nitrogens with zero attached hydrogens (tertiary/aromatic N) is 4. The third-order valence-electron chi connectivity index (χ3n) is 4.12. The van der Waals surface area contributed by atoms with Gasteiger partial charge in [0.05, 0.1) is 17.0 Å². The van der Waals surface area contributed by atoms with E-state index in [-0.39, 0.29) is 11.7 Å². The highest BCUT2D eigenvalue weighted by Gasteiger charge is 2.13. The van der Waals surface area contributed by atoms with E-state index in [1.807, 2.05) is 72.3 Å². The fraction of sp³-hybridized carbons (Fsp3) is 0.100. The van der Waals surface area contributed by atoms with Gasteiger partial charge in [-0.15, -0.1) is 10.2 Å². The number of benzene rings is 2. The van der Waals surface area contributed by atoms with Crippen molar-refractivity contribution in [1.29, 1.82) is 0 Å². The minimum absolute atomic E-state index is 0.0967. The summed E-state index contributed by atoms with van der Waals surface area (Å²) in [7, 11) is 1.90. The predicted octanol–water partition coefficient (Wildman–Crippen LogP) is 3.76. The van der Waals surface area contributed by atoms with Crippen LogP contribution in [0.1, 0.15) is 0 Å². The molecule has 6 nitrogen and oxygen atoms in total. The van der Waals surface area contributed by atoms with Crippen LogP contribution < -0.4 is 5.32 Å². The zero-order valence-corrected chi connectivity index (χ0v) is 15.5. The van der Waals surface area contributed by atoms with Crippen LogP contribution in [0.15, 0.2) is 72.0 Å². The molecule has 7 heteroatoms. The van der Waals surface area contributed by atoms with E-state index >= 15 is 0 Å². The second-order valence-corrected chi connectivity index (χ2v) is 6.89. The monoisotopic (exact) mass is 375 g/mol. The highest BCUT2D eigenvalue weighted by Crippen LogP contribution is 2.24. The van der Waals surface area contributed by atoms with Gasteiger partial charge in [0.25, 0.3) is 0 Å². The Hall–Kier alpha value is -3.19. The zero-order valence-electron chi connectivity index (χ0n) is 14.7. The topological polar surface area (TPSA) is 72.7 Å². The molecule has 0 atom stereocenters. The van der Waals surface area contributed by atoms with Crippen molar-refractivity contribution in [3.63, 3.8) is 0 Å². The Bertz CT molecular complexity index is 1090. The molecular formula is C20H17N5OS. The second kappa shape index (κ2) is 7.59. The molecule has 0 aliphatic heterocycles. The highest BCUT2D eigenvalue weighted by molar-refractivity contribution is 7.99. The minimum atomic E-state index is -0.0967. The number of anilines is 1. The Morgan fingerprint density at radius 1 is 1.04 bits per heavy atom. The quantitative estimate of drug-likeness (QED) is 0.538. The fourth-order valence-electron chi connectivity index (χ4n) is 2.81. The van der Waals surface area contributed by atoms with E-state index in [0.717, 1.165) is 28.0 Å². The zero-order chi connectivity index (χ0) is 18.6. The van der Waals surface area contributed by atoms with Crippen molar-refractivity contribution in [3.05, 3.63) is 66.9 Å². The molecule has 0 aliphatic rings. The molecule has 4 rings (SSSR count). The Morgan fingerprint density at radius 3 is 2.74 bits per heavy atom. The fourth-order valence-corrected chi connectivity index (χ4v) is 3.52. The Balaban J connectivity index is 1.45. The van der Waals surface area contributed by atoms with Gasteiger partial charge in [-0.25, -0.2) is 0 Å². The van der Waals surface area contributed by atoms with Gasteiger partial charge in [0.15, 0.2) is 11.0 Å². The third kappa shape index (κ3) is 3.68. The number of thioether (sulfide) groups is 1. The number of amides is 1. The maximum atomic E-state index is 12.4. The molecule has 134 valence electrons. The summed E-state index contributed by atoms with van der Waals surface area (Å²) >= 11 is 1.36. The van der Waals surface area contributed by atoms with Crippen LogP contribution in [0.4, 0.5) is 5.69 Å². The molecule has 0 aliphatic carbocycles. The Labute approximate surface area is 160 Å². The number of rotatable bonds is 5. The minimum Gasteiger partial charge on any atom is -0.325 e. The molecule has 0 unspecified atom stereocenters. The summed E-state index contributed by atoms with van der Waals surface area (Å²) in [6.45, 7) is 0. The van der Waals surface area contributed by atoms with Crippen molar-refractivity contribution in [2.45, 2.75) is 5.16 Å². The summed E-state index contributed by atoms with van der Waals surface area (Å²) in [5.74, 6) is 0.927. The van der Waals surface area contributed by atoms with Crippen molar-refractivity contribution in [2.75, 3.05) is 11.1 Å². The van der Waals surface area contributed by atoms with Crippen LogP contribution in [-0.4, -0.2) is 31.4 Å². The molecule has 2 aromatic carbocycles. The van der Waals surface area contributed by atoms with Crippen LogP contribution in [-0.2, 0) is 11.8 Å². The number of carbonyl (C=O) groups is 1. The van der Waals surface area contributed by atoms with Gasteiger partial charge in [-0.2, -0.15) is 0 Å². The van der Waals surface area contributed by atoms with E-state index in [0.29, 0.717) is 5.16 Å². The molecule has 2 aromatic heterocycles. The SMILES string of the molecule is Cn1c(SCC(=O)Nc2cccc3ncccc23)nnc1-c1ccccc1. The van der Waals surface area contributed by atoms with Crippen LogP contribution in [0.2, 0.25) is 0 Å². The summed E-state index contributed by atoms with van der Waals surface area (Å²) in [6, 6.07) is 19.3. The molecular weight excluding hydrogens is 358 g/mol. The van der Waals surface area contributed by atoms with Crippen molar-refractivity contribution in [2.24, 2.45) is 7.05 Å². The van der Waals surface area contributed by atoms with Crippen molar-refractivity contribution in [1.82, 2.24) is 19.7 Å². The molecule has 4 aromatic rings. The second-order valence-electron chi connectivity index (χ2n) is 5.94. The van der Waals surface area contributed by atoms with Crippen LogP contribution in [0.5, 0.6) is 0 Å². The van der Waals surface area contributed by atoms with E-state index < -0.39 is 0 Å². The number of carbonyl (C=O) groups excluding carboxylic acids is 1. The summed E-state index contributed by atoms with van der Waals surface area (Å²) in [6.07, 6.45) is 1.74. The third-order valence-corrected chi connectivity index (χ3v) is 5.14. The van der Waals surface area contributed by atoms with Crippen molar-refractivity contribution < 1.29 is 4.79 Å². The summed E-state index contributed by atoms with van der Waals surface area (Å²) in [5, 5.41) is 13.0.